The summed E-state index contributed by atoms with van der Waals surface area (Å²) in [6, 6.07) is 17.6. The Bertz CT molecular complexity index is 1270. The molecule has 0 fully saturated rings. The summed E-state index contributed by atoms with van der Waals surface area (Å²) in [5.74, 6) is -0.353. The second-order valence-corrected chi connectivity index (χ2v) is 7.03. The number of nitrogens with zero attached hydrogens (tertiary/aromatic N) is 2. The Kier molecular flexibility index (Phi) is 5.76. The highest BCUT2D eigenvalue weighted by Crippen LogP contribution is 2.26. The highest BCUT2D eigenvalue weighted by molar-refractivity contribution is 6.13. The first-order chi connectivity index (χ1) is 15.4. The molecule has 0 aromatic heterocycles. The zero-order chi connectivity index (χ0) is 22.7. The summed E-state index contributed by atoms with van der Waals surface area (Å²) in [6.45, 7) is 1.80. The largest absolute Gasteiger partial charge is 0.489 e. The molecule has 1 aliphatic heterocycles. The zero-order valence-electron chi connectivity index (χ0n) is 16.9. The van der Waals surface area contributed by atoms with Crippen molar-refractivity contribution in [1.82, 2.24) is 0 Å². The molecule has 3 aromatic carbocycles. The summed E-state index contributed by atoms with van der Waals surface area (Å²) in [6.07, 6.45) is 1.55. The Balaban J connectivity index is 1.50. The molecule has 8 heteroatoms. The van der Waals surface area contributed by atoms with E-state index < -0.39 is 10.9 Å². The Labute approximate surface area is 182 Å². The van der Waals surface area contributed by atoms with Gasteiger partial charge in [0.15, 0.2) is 5.70 Å². The van der Waals surface area contributed by atoms with Crippen molar-refractivity contribution in [2.45, 2.75) is 13.5 Å². The van der Waals surface area contributed by atoms with Crippen LogP contribution >= 0.6 is 0 Å². The van der Waals surface area contributed by atoms with Crippen molar-refractivity contribution < 1.29 is 23.6 Å². The molecule has 32 heavy (non-hydrogen) atoms. The molecule has 0 spiro atoms. The number of esters is 1. The summed E-state index contributed by atoms with van der Waals surface area (Å²) in [7, 11) is 0. The van der Waals surface area contributed by atoms with E-state index in [9.17, 15) is 19.3 Å². The van der Waals surface area contributed by atoms with Crippen LogP contribution < -0.4 is 4.74 Å². The van der Waals surface area contributed by atoms with Crippen LogP contribution in [0.1, 0.15) is 22.3 Å². The fraction of sp³-hybridized carbons (Fsp3) is 0.0833. The molecule has 1 heterocycles. The molecule has 0 amide bonds. The minimum absolute atomic E-state index is 0.0255. The third-order valence-electron chi connectivity index (χ3n) is 4.83. The molecule has 0 unspecified atom stereocenters. The maximum absolute atomic E-state index is 13.2. The number of benzene rings is 3. The van der Waals surface area contributed by atoms with E-state index in [1.165, 1.54) is 24.3 Å². The van der Waals surface area contributed by atoms with Gasteiger partial charge in [0, 0.05) is 17.2 Å². The van der Waals surface area contributed by atoms with Gasteiger partial charge in [-0.1, -0.05) is 30.3 Å². The molecule has 160 valence electrons. The van der Waals surface area contributed by atoms with E-state index >= 15 is 0 Å². The van der Waals surface area contributed by atoms with Crippen LogP contribution in [0, 0.1) is 22.9 Å². The first-order valence-electron chi connectivity index (χ1n) is 9.65. The Morgan fingerprint density at radius 2 is 1.88 bits per heavy atom. The first-order valence-corrected chi connectivity index (χ1v) is 9.65. The van der Waals surface area contributed by atoms with Crippen LogP contribution in [0.5, 0.6) is 5.75 Å². The van der Waals surface area contributed by atoms with Gasteiger partial charge in [0.1, 0.15) is 18.2 Å². The van der Waals surface area contributed by atoms with Gasteiger partial charge in [-0.3, -0.25) is 10.1 Å². The highest BCUT2D eigenvalue weighted by Gasteiger charge is 2.27. The van der Waals surface area contributed by atoms with Crippen LogP contribution in [0.2, 0.25) is 0 Å². The predicted molar refractivity (Wildman–Crippen MR) is 116 cm³/mol. The molecule has 0 saturated heterocycles. The number of aliphatic imine (C=N–C) groups is 1. The maximum Gasteiger partial charge on any atom is 0.363 e. The number of hydrogen-bond donors (Lipinski definition) is 0. The van der Waals surface area contributed by atoms with E-state index in [0.29, 0.717) is 28.0 Å². The number of nitro groups is 1. The number of cyclic esters (lactones) is 1. The molecule has 7 nitrogen and oxygen atoms in total. The van der Waals surface area contributed by atoms with Gasteiger partial charge in [-0.25, -0.2) is 14.2 Å². The second kappa shape index (κ2) is 8.81. The molecule has 4 rings (SSSR count). The van der Waals surface area contributed by atoms with E-state index in [1.54, 1.807) is 55.5 Å². The van der Waals surface area contributed by atoms with Crippen LogP contribution in [-0.4, -0.2) is 16.8 Å². The summed E-state index contributed by atoms with van der Waals surface area (Å²) >= 11 is 0. The van der Waals surface area contributed by atoms with Crippen molar-refractivity contribution >= 4 is 23.6 Å². The van der Waals surface area contributed by atoms with Crippen LogP contribution in [0.15, 0.2) is 77.4 Å². The minimum Gasteiger partial charge on any atom is -0.489 e. The van der Waals surface area contributed by atoms with Gasteiger partial charge in [-0.2, -0.15) is 0 Å². The first kappa shape index (κ1) is 20.9. The smallest absolute Gasteiger partial charge is 0.363 e. The lowest BCUT2D eigenvalue weighted by atomic mass is 10.1. The number of hydrogen-bond acceptors (Lipinski definition) is 6. The molecule has 0 bridgehead atoms. The molecular formula is C24H17FN2O5. The van der Waals surface area contributed by atoms with Crippen LogP contribution in [-0.2, 0) is 16.1 Å². The minimum atomic E-state index is -0.641. The lowest BCUT2D eigenvalue weighted by Gasteiger charge is -2.06. The fourth-order valence-electron chi connectivity index (χ4n) is 3.19. The van der Waals surface area contributed by atoms with Gasteiger partial charge in [-0.15, -0.1) is 0 Å². The lowest BCUT2D eigenvalue weighted by Crippen LogP contribution is -2.08. The van der Waals surface area contributed by atoms with E-state index in [2.05, 4.69) is 4.99 Å². The Hall–Kier alpha value is -4.33. The molecule has 0 saturated carbocycles. The molecule has 3 aromatic rings. The predicted octanol–water partition coefficient (Wildman–Crippen LogP) is 4.97. The molecule has 0 atom stereocenters. The third-order valence-corrected chi connectivity index (χ3v) is 4.83. The summed E-state index contributed by atoms with van der Waals surface area (Å²) in [5, 5.41) is 11.1. The summed E-state index contributed by atoms with van der Waals surface area (Å²) in [5.41, 5.74) is 2.16. The normalized spacial score (nSPS) is 14.2. The van der Waals surface area contributed by atoms with Crippen LogP contribution in [0.25, 0.3) is 6.08 Å². The van der Waals surface area contributed by atoms with E-state index in [4.69, 9.17) is 9.47 Å². The molecule has 1 aliphatic rings. The average Bonchev–Trinajstić information content (AvgIpc) is 3.13. The third kappa shape index (κ3) is 4.54. The quantitative estimate of drug-likeness (QED) is 0.237. The fourth-order valence-corrected chi connectivity index (χ4v) is 3.19. The van der Waals surface area contributed by atoms with Crippen molar-refractivity contribution in [1.29, 1.82) is 0 Å². The molecule has 0 aliphatic carbocycles. The molecular weight excluding hydrogens is 415 g/mol. The summed E-state index contributed by atoms with van der Waals surface area (Å²) in [4.78, 5) is 27.1. The van der Waals surface area contributed by atoms with Crippen molar-refractivity contribution in [3.63, 3.8) is 0 Å². The van der Waals surface area contributed by atoms with Crippen molar-refractivity contribution in [3.05, 3.63) is 111 Å². The Morgan fingerprint density at radius 1 is 1.12 bits per heavy atom. The van der Waals surface area contributed by atoms with Gasteiger partial charge in [0.2, 0.25) is 5.90 Å². The van der Waals surface area contributed by atoms with Gasteiger partial charge in [0.05, 0.1) is 4.92 Å². The second-order valence-electron chi connectivity index (χ2n) is 7.03. The topological polar surface area (TPSA) is 91.0 Å². The van der Waals surface area contributed by atoms with E-state index in [-0.39, 0.29) is 29.7 Å². The monoisotopic (exact) mass is 432 g/mol. The number of carbonyl (C=O) groups excluding carboxylic acids is 1. The summed E-state index contributed by atoms with van der Waals surface area (Å²) < 4.78 is 24.1. The average molecular weight is 432 g/mol. The van der Waals surface area contributed by atoms with Gasteiger partial charge in [-0.05, 0) is 54.5 Å². The Morgan fingerprint density at radius 3 is 2.59 bits per heavy atom. The van der Waals surface area contributed by atoms with Crippen molar-refractivity contribution in [2.24, 2.45) is 4.99 Å². The standard InChI is InChI=1S/C24H17FN2O5/c1-15-20(6-3-7-22(15)27(29)30)23-26-21(24(28)32-23)13-16-8-10-19(11-9-16)31-14-17-4-2-5-18(25)12-17/h2-13H,14H2,1H3/b21-13-. The van der Waals surface area contributed by atoms with Crippen molar-refractivity contribution in [3.8, 4) is 5.75 Å². The number of carbonyl (C=O) groups is 1. The van der Waals surface area contributed by atoms with E-state index in [1.807, 2.05) is 0 Å². The molecule has 0 radical (unpaired) electrons. The zero-order valence-corrected chi connectivity index (χ0v) is 16.9. The molecule has 0 N–H and O–H groups in total. The van der Waals surface area contributed by atoms with Crippen LogP contribution in [0.4, 0.5) is 10.1 Å². The number of ether oxygens (including phenoxy) is 2. The van der Waals surface area contributed by atoms with Gasteiger partial charge in [0.25, 0.3) is 5.69 Å². The number of rotatable bonds is 6. The van der Waals surface area contributed by atoms with Crippen LogP contribution in [0.3, 0.4) is 0 Å². The van der Waals surface area contributed by atoms with E-state index in [0.717, 1.165) is 0 Å². The SMILES string of the molecule is Cc1c(C2=N/C(=C\c3ccc(OCc4cccc(F)c4)cc3)C(=O)O2)cccc1[N+](=O)[O-]. The lowest BCUT2D eigenvalue weighted by molar-refractivity contribution is -0.385. The van der Waals surface area contributed by atoms with Gasteiger partial charge >= 0.3 is 5.97 Å². The van der Waals surface area contributed by atoms with Gasteiger partial charge < -0.3 is 9.47 Å². The number of halogens is 1. The number of nitro benzene ring substituents is 1. The maximum atomic E-state index is 13.2. The van der Waals surface area contributed by atoms with Crippen molar-refractivity contribution in [2.75, 3.05) is 0 Å². The highest BCUT2D eigenvalue weighted by atomic mass is 19.1.